The van der Waals surface area contributed by atoms with Crippen LogP contribution in [0.1, 0.15) is 40.6 Å². The van der Waals surface area contributed by atoms with Crippen LogP contribution in [-0.2, 0) is 13.2 Å². The fourth-order valence-electron chi connectivity index (χ4n) is 2.98. The molecule has 0 bridgehead atoms. The zero-order valence-electron chi connectivity index (χ0n) is 13.5. The van der Waals surface area contributed by atoms with Crippen molar-refractivity contribution in [3.63, 3.8) is 0 Å². The Hall–Kier alpha value is -2.58. The Morgan fingerprint density at radius 1 is 1.36 bits per heavy atom. The molecule has 1 aliphatic heterocycles. The molecule has 1 fully saturated rings. The van der Waals surface area contributed by atoms with Gasteiger partial charge in [-0.05, 0) is 18.9 Å². The fourth-order valence-corrected chi connectivity index (χ4v) is 2.98. The molecule has 25 heavy (non-hydrogen) atoms. The van der Waals surface area contributed by atoms with Crippen molar-refractivity contribution in [1.29, 1.82) is 0 Å². The summed E-state index contributed by atoms with van der Waals surface area (Å²) in [6, 6.07) is 2.78. The number of imidazole rings is 1. The van der Waals surface area contributed by atoms with Crippen molar-refractivity contribution >= 4 is 5.91 Å². The highest BCUT2D eigenvalue weighted by Gasteiger charge is 2.35. The molecule has 3 rings (SSSR count). The van der Waals surface area contributed by atoms with Crippen LogP contribution < -0.4 is 5.56 Å². The number of hydrogen-bond donors (Lipinski definition) is 1. The topological polar surface area (TPSA) is 71.0 Å². The van der Waals surface area contributed by atoms with E-state index >= 15 is 0 Å². The summed E-state index contributed by atoms with van der Waals surface area (Å²) in [6.07, 6.45) is -0.900. The molecule has 0 aromatic carbocycles. The molecule has 6 nitrogen and oxygen atoms in total. The normalized spacial score (nSPS) is 18.4. The number of amides is 1. The molecule has 2 aromatic rings. The maximum absolute atomic E-state index is 12.7. The number of nitrogens with zero attached hydrogens (tertiary/aromatic N) is 3. The molecule has 0 aliphatic carbocycles. The lowest BCUT2D eigenvalue weighted by molar-refractivity contribution is -0.141. The molecule has 9 heteroatoms. The summed E-state index contributed by atoms with van der Waals surface area (Å²) in [4.78, 5) is 31.8. The highest BCUT2D eigenvalue weighted by atomic mass is 19.4. The number of likely N-dealkylation sites (tertiary alicyclic amines) is 1. The van der Waals surface area contributed by atoms with Gasteiger partial charge in [0.2, 0.25) is 5.56 Å². The molecule has 0 spiro atoms. The summed E-state index contributed by atoms with van der Waals surface area (Å²) < 4.78 is 39.4. The summed E-state index contributed by atoms with van der Waals surface area (Å²) in [5.41, 5.74) is -0.731. The summed E-state index contributed by atoms with van der Waals surface area (Å²) in [7, 11) is 1.56. The second-order valence-electron chi connectivity index (χ2n) is 6.14. The van der Waals surface area contributed by atoms with E-state index in [1.165, 1.54) is 22.9 Å². The summed E-state index contributed by atoms with van der Waals surface area (Å²) >= 11 is 0. The number of nitrogens with one attached hydrogen (secondary N) is 1. The van der Waals surface area contributed by atoms with Crippen LogP contribution in [0.2, 0.25) is 0 Å². The Balaban J connectivity index is 1.76. The molecule has 1 aliphatic rings. The third-order valence-electron chi connectivity index (χ3n) is 4.33. The van der Waals surface area contributed by atoms with Crippen molar-refractivity contribution in [3.05, 3.63) is 52.0 Å². The van der Waals surface area contributed by atoms with Gasteiger partial charge in [-0.2, -0.15) is 13.2 Å². The number of hydrogen-bond acceptors (Lipinski definition) is 3. The van der Waals surface area contributed by atoms with Crippen LogP contribution in [0, 0.1) is 0 Å². The smallest absolute Gasteiger partial charge is 0.338 e. The standard InChI is InChI=1S/C16H17F3N4O2/c1-22-8-11(4-5-13(22)24)15(25)23-6-2-3-10(9-23)14-20-7-12(21-14)16(17,18)19/h4-5,7-8,10H,2-3,6,9H2,1H3,(H,20,21). The van der Waals surface area contributed by atoms with E-state index in [0.717, 1.165) is 6.20 Å². The van der Waals surface area contributed by atoms with Crippen LogP contribution in [0.5, 0.6) is 0 Å². The van der Waals surface area contributed by atoms with Gasteiger partial charge >= 0.3 is 6.18 Å². The number of rotatable bonds is 2. The molecule has 1 N–H and O–H groups in total. The Morgan fingerprint density at radius 3 is 2.76 bits per heavy atom. The number of halogens is 3. The highest BCUT2D eigenvalue weighted by molar-refractivity contribution is 5.94. The van der Waals surface area contributed by atoms with E-state index in [2.05, 4.69) is 9.97 Å². The summed E-state index contributed by atoms with van der Waals surface area (Å²) in [6.45, 7) is 0.803. The summed E-state index contributed by atoms with van der Waals surface area (Å²) in [5.74, 6) is -0.283. The Morgan fingerprint density at radius 2 is 2.12 bits per heavy atom. The second kappa shape index (κ2) is 6.38. The van der Waals surface area contributed by atoms with Gasteiger partial charge in [-0.15, -0.1) is 0 Å². The monoisotopic (exact) mass is 354 g/mol. The van der Waals surface area contributed by atoms with Gasteiger partial charge < -0.3 is 14.5 Å². The Bertz CT molecular complexity index is 840. The zero-order chi connectivity index (χ0) is 18.2. The SMILES string of the molecule is Cn1cc(C(=O)N2CCCC(c3ncc(C(F)(F)F)[nH]3)C2)ccc1=O. The minimum atomic E-state index is -4.47. The molecule has 0 saturated carbocycles. The van der Waals surface area contributed by atoms with Crippen LogP contribution in [0.4, 0.5) is 13.2 Å². The van der Waals surface area contributed by atoms with Crippen LogP contribution >= 0.6 is 0 Å². The molecular weight excluding hydrogens is 337 g/mol. The van der Waals surface area contributed by atoms with Crippen LogP contribution in [-0.4, -0.2) is 38.4 Å². The molecular formula is C16H17F3N4O2. The van der Waals surface area contributed by atoms with E-state index in [1.54, 1.807) is 11.9 Å². The van der Waals surface area contributed by atoms with E-state index in [-0.39, 0.29) is 29.8 Å². The minimum Gasteiger partial charge on any atom is -0.338 e. The first kappa shape index (κ1) is 17.2. The van der Waals surface area contributed by atoms with Crippen molar-refractivity contribution in [3.8, 4) is 0 Å². The maximum Gasteiger partial charge on any atom is 0.432 e. The lowest BCUT2D eigenvalue weighted by Gasteiger charge is -2.32. The Kier molecular flexibility index (Phi) is 4.40. The second-order valence-corrected chi connectivity index (χ2v) is 6.14. The van der Waals surface area contributed by atoms with Crippen molar-refractivity contribution < 1.29 is 18.0 Å². The number of alkyl halides is 3. The maximum atomic E-state index is 12.7. The van der Waals surface area contributed by atoms with Crippen LogP contribution in [0.3, 0.4) is 0 Å². The number of H-pyrrole nitrogens is 1. The lowest BCUT2D eigenvalue weighted by atomic mass is 9.97. The minimum absolute atomic E-state index is 0.219. The number of aryl methyl sites for hydroxylation is 1. The number of aromatic amines is 1. The molecule has 2 aromatic heterocycles. The van der Waals surface area contributed by atoms with Crippen molar-refractivity contribution in [2.45, 2.75) is 24.9 Å². The van der Waals surface area contributed by atoms with Crippen molar-refractivity contribution in [1.82, 2.24) is 19.4 Å². The number of aromatic nitrogens is 3. The zero-order valence-corrected chi connectivity index (χ0v) is 13.5. The number of pyridine rings is 1. The largest absolute Gasteiger partial charge is 0.432 e. The van der Waals surface area contributed by atoms with Gasteiger partial charge in [0.1, 0.15) is 11.5 Å². The van der Waals surface area contributed by atoms with E-state index in [0.29, 0.717) is 24.9 Å². The lowest BCUT2D eigenvalue weighted by Crippen LogP contribution is -2.39. The van der Waals surface area contributed by atoms with E-state index in [1.807, 2.05) is 0 Å². The Labute approximate surface area is 141 Å². The van der Waals surface area contributed by atoms with Gasteiger partial charge in [0.15, 0.2) is 0 Å². The quantitative estimate of drug-likeness (QED) is 0.898. The van der Waals surface area contributed by atoms with Crippen LogP contribution in [0.25, 0.3) is 0 Å². The number of piperidine rings is 1. The van der Waals surface area contributed by atoms with E-state index in [4.69, 9.17) is 0 Å². The van der Waals surface area contributed by atoms with Crippen molar-refractivity contribution in [2.75, 3.05) is 13.1 Å². The van der Waals surface area contributed by atoms with E-state index in [9.17, 15) is 22.8 Å². The van der Waals surface area contributed by atoms with Gasteiger partial charge in [-0.1, -0.05) is 0 Å². The van der Waals surface area contributed by atoms with Gasteiger partial charge in [0.05, 0.1) is 11.8 Å². The third kappa shape index (κ3) is 3.59. The average Bonchev–Trinajstić information content (AvgIpc) is 3.07. The highest BCUT2D eigenvalue weighted by Crippen LogP contribution is 2.31. The summed E-state index contributed by atoms with van der Waals surface area (Å²) in [5, 5.41) is 0. The molecule has 134 valence electrons. The third-order valence-corrected chi connectivity index (χ3v) is 4.33. The predicted octanol–water partition coefficient (Wildman–Crippen LogP) is 2.15. The molecule has 0 radical (unpaired) electrons. The first-order valence-electron chi connectivity index (χ1n) is 7.84. The molecule has 1 atom stereocenters. The molecule has 3 heterocycles. The first-order chi connectivity index (χ1) is 11.8. The molecule has 1 amide bonds. The van der Waals surface area contributed by atoms with Gasteiger partial charge in [0, 0.05) is 38.3 Å². The number of carbonyl (C=O) groups excluding carboxylic acids is 1. The predicted molar refractivity (Wildman–Crippen MR) is 83.2 cm³/mol. The van der Waals surface area contributed by atoms with Crippen molar-refractivity contribution in [2.24, 2.45) is 7.05 Å². The molecule has 1 saturated heterocycles. The first-order valence-corrected chi connectivity index (χ1v) is 7.84. The van der Waals surface area contributed by atoms with Crippen LogP contribution in [0.15, 0.2) is 29.3 Å². The van der Waals surface area contributed by atoms with Gasteiger partial charge in [0.25, 0.3) is 5.91 Å². The van der Waals surface area contributed by atoms with E-state index < -0.39 is 11.9 Å². The van der Waals surface area contributed by atoms with Gasteiger partial charge in [-0.3, -0.25) is 9.59 Å². The molecule has 1 unspecified atom stereocenters. The fraction of sp³-hybridized carbons (Fsp3) is 0.438. The number of carbonyl (C=O) groups is 1. The van der Waals surface area contributed by atoms with Gasteiger partial charge in [-0.25, -0.2) is 4.98 Å². The average molecular weight is 354 g/mol.